The van der Waals surface area contributed by atoms with E-state index in [1.54, 1.807) is 0 Å². The number of ether oxygens (including phenoxy) is 1. The molecule has 2 heterocycles. The Morgan fingerprint density at radius 2 is 1.94 bits per heavy atom. The minimum Gasteiger partial charge on any atom is -0.370 e. The lowest BCUT2D eigenvalue weighted by Crippen LogP contribution is -2.57. The van der Waals surface area contributed by atoms with Gasteiger partial charge in [0.25, 0.3) is 0 Å². The largest absolute Gasteiger partial charge is 0.370 e. The van der Waals surface area contributed by atoms with Crippen LogP contribution in [0.5, 0.6) is 0 Å². The molecule has 0 aromatic rings. The first-order valence-corrected chi connectivity index (χ1v) is 7.36. The number of nitrogens with one attached hydrogen (secondary N) is 1. The van der Waals surface area contributed by atoms with Gasteiger partial charge >= 0.3 is 0 Å². The zero-order valence-corrected chi connectivity index (χ0v) is 11.1. The van der Waals surface area contributed by atoms with Crippen molar-refractivity contribution >= 4 is 0 Å². The summed E-state index contributed by atoms with van der Waals surface area (Å²) < 4.78 is 6.42. The molecule has 1 atom stereocenters. The second-order valence-electron chi connectivity index (χ2n) is 6.27. The van der Waals surface area contributed by atoms with Crippen LogP contribution in [0.1, 0.15) is 44.9 Å². The fourth-order valence-corrected chi connectivity index (χ4v) is 3.64. The zero-order chi connectivity index (χ0) is 11.7. The summed E-state index contributed by atoms with van der Waals surface area (Å²) in [5, 5.41) is 3.34. The second kappa shape index (κ2) is 4.87. The average molecular weight is 238 g/mol. The van der Waals surface area contributed by atoms with Crippen molar-refractivity contribution in [2.45, 2.75) is 62.7 Å². The van der Waals surface area contributed by atoms with Crippen molar-refractivity contribution in [3.63, 3.8) is 0 Å². The van der Waals surface area contributed by atoms with Gasteiger partial charge in [-0.1, -0.05) is 19.3 Å². The van der Waals surface area contributed by atoms with Gasteiger partial charge in [-0.2, -0.15) is 0 Å². The molecular weight excluding hydrogens is 212 g/mol. The summed E-state index contributed by atoms with van der Waals surface area (Å²) in [6.45, 7) is 3.46. The molecule has 3 rings (SSSR count). The molecule has 3 nitrogen and oxygen atoms in total. The van der Waals surface area contributed by atoms with Crippen molar-refractivity contribution in [1.82, 2.24) is 10.2 Å². The highest BCUT2D eigenvalue weighted by Gasteiger charge is 2.41. The van der Waals surface area contributed by atoms with Crippen LogP contribution in [0.4, 0.5) is 0 Å². The van der Waals surface area contributed by atoms with Gasteiger partial charge in [0.05, 0.1) is 11.7 Å². The maximum absolute atomic E-state index is 6.42. The summed E-state index contributed by atoms with van der Waals surface area (Å²) in [7, 11) is 2.25. The molecule has 0 aromatic heterocycles. The van der Waals surface area contributed by atoms with E-state index >= 15 is 0 Å². The van der Waals surface area contributed by atoms with Crippen molar-refractivity contribution in [1.29, 1.82) is 0 Å². The Hall–Kier alpha value is -0.120. The molecule has 3 heteroatoms. The summed E-state index contributed by atoms with van der Waals surface area (Å²) in [4.78, 5) is 2.49. The molecule has 1 saturated carbocycles. The second-order valence-corrected chi connectivity index (χ2v) is 6.27. The van der Waals surface area contributed by atoms with E-state index in [0.29, 0.717) is 11.7 Å². The molecule has 1 unspecified atom stereocenters. The van der Waals surface area contributed by atoms with Gasteiger partial charge < -0.3 is 10.1 Å². The van der Waals surface area contributed by atoms with Crippen LogP contribution in [0.15, 0.2) is 0 Å². The van der Waals surface area contributed by atoms with E-state index < -0.39 is 0 Å². The zero-order valence-electron chi connectivity index (χ0n) is 11.1. The van der Waals surface area contributed by atoms with Gasteiger partial charge in [-0.05, 0) is 32.7 Å². The van der Waals surface area contributed by atoms with Crippen LogP contribution >= 0.6 is 0 Å². The van der Waals surface area contributed by atoms with Gasteiger partial charge in [0.15, 0.2) is 0 Å². The van der Waals surface area contributed by atoms with Crippen molar-refractivity contribution < 1.29 is 4.74 Å². The van der Waals surface area contributed by atoms with E-state index in [-0.39, 0.29) is 0 Å². The van der Waals surface area contributed by atoms with Crippen molar-refractivity contribution in [3.8, 4) is 0 Å². The summed E-state index contributed by atoms with van der Waals surface area (Å²) in [5.74, 6) is 0. The number of hydrogen-bond acceptors (Lipinski definition) is 3. The first kappa shape index (κ1) is 11.9. The fourth-order valence-electron chi connectivity index (χ4n) is 3.64. The normalized spacial score (nSPS) is 33.2. The van der Waals surface area contributed by atoms with Gasteiger partial charge in [-0.15, -0.1) is 0 Å². The standard InChI is InChI=1S/C14H26N2O/c1-16(12-9-15-10-12)11-13-5-8-14(17-13)6-3-2-4-7-14/h12-13,15H,2-11H2,1H3. The van der Waals surface area contributed by atoms with Gasteiger partial charge in [0.2, 0.25) is 0 Å². The molecule has 0 bridgehead atoms. The van der Waals surface area contributed by atoms with Crippen LogP contribution < -0.4 is 5.32 Å². The SMILES string of the molecule is CN(CC1CCC2(CCCCC2)O1)C1CNC1. The quantitative estimate of drug-likeness (QED) is 0.811. The van der Waals surface area contributed by atoms with Crippen LogP contribution in [0.25, 0.3) is 0 Å². The fraction of sp³-hybridized carbons (Fsp3) is 1.00. The first-order valence-electron chi connectivity index (χ1n) is 7.36. The first-order chi connectivity index (χ1) is 8.27. The number of hydrogen-bond donors (Lipinski definition) is 1. The smallest absolute Gasteiger partial charge is 0.0710 e. The molecule has 17 heavy (non-hydrogen) atoms. The van der Waals surface area contributed by atoms with Crippen molar-refractivity contribution in [2.24, 2.45) is 0 Å². The van der Waals surface area contributed by atoms with E-state index in [1.807, 2.05) is 0 Å². The lowest BCUT2D eigenvalue weighted by molar-refractivity contribution is -0.0739. The molecule has 3 fully saturated rings. The minimum absolute atomic E-state index is 0.293. The molecule has 98 valence electrons. The molecule has 0 radical (unpaired) electrons. The van der Waals surface area contributed by atoms with Crippen LogP contribution in [0.2, 0.25) is 0 Å². The monoisotopic (exact) mass is 238 g/mol. The molecular formula is C14H26N2O. The molecule has 1 N–H and O–H groups in total. The maximum atomic E-state index is 6.42. The molecule has 2 aliphatic heterocycles. The Morgan fingerprint density at radius 3 is 2.59 bits per heavy atom. The summed E-state index contributed by atoms with van der Waals surface area (Å²) in [6.07, 6.45) is 9.92. The third-order valence-corrected chi connectivity index (χ3v) is 4.98. The summed E-state index contributed by atoms with van der Waals surface area (Å²) >= 11 is 0. The van der Waals surface area contributed by atoms with Crippen LogP contribution in [0.3, 0.4) is 0 Å². The van der Waals surface area contributed by atoms with Crippen LogP contribution in [0, 0.1) is 0 Å². The highest BCUT2D eigenvalue weighted by molar-refractivity contribution is 4.93. The van der Waals surface area contributed by atoms with Crippen molar-refractivity contribution in [3.05, 3.63) is 0 Å². The predicted octanol–water partition coefficient (Wildman–Crippen LogP) is 1.77. The topological polar surface area (TPSA) is 24.5 Å². The lowest BCUT2D eigenvalue weighted by Gasteiger charge is -2.38. The number of nitrogens with zero attached hydrogens (tertiary/aromatic N) is 1. The minimum atomic E-state index is 0.293. The van der Waals surface area contributed by atoms with Gasteiger partial charge in [-0.25, -0.2) is 0 Å². The molecule has 0 aromatic carbocycles. The Kier molecular flexibility index (Phi) is 3.42. The highest BCUT2D eigenvalue weighted by atomic mass is 16.5. The summed E-state index contributed by atoms with van der Waals surface area (Å²) in [6, 6.07) is 0.751. The van der Waals surface area contributed by atoms with Crippen LogP contribution in [-0.2, 0) is 4.74 Å². The van der Waals surface area contributed by atoms with Gasteiger partial charge in [-0.3, -0.25) is 4.90 Å². The molecule has 0 amide bonds. The third-order valence-electron chi connectivity index (χ3n) is 4.98. The van der Waals surface area contributed by atoms with Crippen molar-refractivity contribution in [2.75, 3.05) is 26.7 Å². The maximum Gasteiger partial charge on any atom is 0.0710 e. The van der Waals surface area contributed by atoms with Gasteiger partial charge in [0.1, 0.15) is 0 Å². The Balaban J connectivity index is 1.49. The summed E-state index contributed by atoms with van der Waals surface area (Å²) in [5.41, 5.74) is 0.293. The number of likely N-dealkylation sites (N-methyl/N-ethyl adjacent to an activating group) is 1. The third kappa shape index (κ3) is 2.51. The highest BCUT2D eigenvalue weighted by Crippen LogP contribution is 2.42. The molecule has 1 spiro atoms. The van der Waals surface area contributed by atoms with E-state index in [9.17, 15) is 0 Å². The van der Waals surface area contributed by atoms with Gasteiger partial charge in [0, 0.05) is 25.7 Å². The average Bonchev–Trinajstić information content (AvgIpc) is 2.60. The Bertz CT molecular complexity index is 259. The molecule has 3 aliphatic rings. The predicted molar refractivity (Wildman–Crippen MR) is 69.2 cm³/mol. The van der Waals surface area contributed by atoms with Crippen LogP contribution in [-0.4, -0.2) is 49.3 Å². The van der Waals surface area contributed by atoms with E-state index in [0.717, 1.165) is 25.7 Å². The lowest BCUT2D eigenvalue weighted by atomic mass is 9.83. The van der Waals surface area contributed by atoms with E-state index in [1.165, 1.54) is 44.9 Å². The van der Waals surface area contributed by atoms with E-state index in [4.69, 9.17) is 4.74 Å². The number of rotatable bonds is 3. The Labute approximate surface area is 105 Å². The Morgan fingerprint density at radius 1 is 1.18 bits per heavy atom. The molecule has 1 aliphatic carbocycles. The van der Waals surface area contributed by atoms with E-state index in [2.05, 4.69) is 17.3 Å². The molecule has 2 saturated heterocycles.